The number of benzene rings is 3. The van der Waals surface area contributed by atoms with Gasteiger partial charge < -0.3 is 4.42 Å². The average Bonchev–Trinajstić information content (AvgIpc) is 3.43. The quantitative estimate of drug-likeness (QED) is 0.398. The number of hydrogen-bond acceptors (Lipinski definition) is 3. The van der Waals surface area contributed by atoms with E-state index in [2.05, 4.69) is 76.1 Å². The Balaban J connectivity index is 1.59. The Morgan fingerprint density at radius 1 is 0.929 bits per heavy atom. The lowest BCUT2D eigenvalue weighted by molar-refractivity contribution is 0.572. The Morgan fingerprint density at radius 3 is 2.71 bits per heavy atom. The van der Waals surface area contributed by atoms with Crippen molar-refractivity contribution in [2.75, 3.05) is 0 Å². The summed E-state index contributed by atoms with van der Waals surface area (Å²) in [5.74, 6) is 0.745. The van der Waals surface area contributed by atoms with Gasteiger partial charge in [-0.2, -0.15) is 0 Å². The van der Waals surface area contributed by atoms with E-state index in [1.54, 1.807) is 6.20 Å². The van der Waals surface area contributed by atoms with Gasteiger partial charge in [0.2, 0.25) is 0 Å². The van der Waals surface area contributed by atoms with E-state index < -0.39 is 0 Å². The molecule has 4 nitrogen and oxygen atoms in total. The van der Waals surface area contributed by atoms with E-state index in [9.17, 15) is 0 Å². The smallest absolute Gasteiger partial charge is 0.181 e. The zero-order valence-corrected chi connectivity index (χ0v) is 15.5. The molecule has 2 aromatic heterocycles. The van der Waals surface area contributed by atoms with Crippen LogP contribution in [-0.4, -0.2) is 14.5 Å². The van der Waals surface area contributed by atoms with Gasteiger partial charge in [0, 0.05) is 11.3 Å². The number of rotatable bonds is 4. The first kappa shape index (κ1) is 16.5. The van der Waals surface area contributed by atoms with Gasteiger partial charge in [0.15, 0.2) is 12.2 Å². The largest absolute Gasteiger partial charge is 0.444 e. The molecule has 2 heterocycles. The van der Waals surface area contributed by atoms with Gasteiger partial charge in [-0.05, 0) is 53.4 Å². The topological polar surface area (TPSA) is 43.9 Å². The molecule has 0 unspecified atom stereocenters. The molecule has 0 saturated heterocycles. The van der Waals surface area contributed by atoms with Gasteiger partial charge in [0.25, 0.3) is 0 Å². The molecule has 0 spiro atoms. The highest BCUT2D eigenvalue weighted by Crippen LogP contribution is 2.29. The number of nitrogens with zero attached hydrogens (tertiary/aromatic N) is 3. The van der Waals surface area contributed by atoms with Crippen molar-refractivity contribution in [2.45, 2.75) is 13.3 Å². The van der Waals surface area contributed by atoms with Gasteiger partial charge in [-0.1, -0.05) is 43.3 Å². The lowest BCUT2D eigenvalue weighted by atomic mass is 9.98. The van der Waals surface area contributed by atoms with Crippen molar-refractivity contribution < 1.29 is 4.42 Å². The molecule has 4 heteroatoms. The van der Waals surface area contributed by atoms with Gasteiger partial charge in [-0.15, -0.1) is 0 Å². The molecule has 5 aromatic rings. The Labute approximate surface area is 163 Å². The average molecular weight is 365 g/mol. The summed E-state index contributed by atoms with van der Waals surface area (Å²) in [7, 11) is 0. The van der Waals surface area contributed by atoms with E-state index in [0.29, 0.717) is 0 Å². The van der Waals surface area contributed by atoms with Crippen molar-refractivity contribution in [3.63, 3.8) is 0 Å². The highest BCUT2D eigenvalue weighted by molar-refractivity contribution is 5.83. The summed E-state index contributed by atoms with van der Waals surface area (Å²) >= 11 is 0. The second kappa shape index (κ2) is 6.82. The second-order valence-electron chi connectivity index (χ2n) is 6.74. The zero-order valence-electron chi connectivity index (χ0n) is 15.5. The minimum absolute atomic E-state index is 0.745. The Hall–Kier alpha value is -3.66. The minimum Gasteiger partial charge on any atom is -0.444 e. The molecule has 0 radical (unpaired) electrons. The number of aromatic nitrogens is 3. The first-order valence-electron chi connectivity index (χ1n) is 9.38. The first-order chi connectivity index (χ1) is 13.8. The summed E-state index contributed by atoms with van der Waals surface area (Å²) in [6.45, 7) is 2.19. The summed E-state index contributed by atoms with van der Waals surface area (Å²) in [5, 5.41) is 0. The minimum atomic E-state index is 0.745. The molecule has 0 bridgehead atoms. The summed E-state index contributed by atoms with van der Waals surface area (Å²) in [5.41, 5.74) is 7.91. The fourth-order valence-corrected chi connectivity index (χ4v) is 3.66. The van der Waals surface area contributed by atoms with Crippen LogP contribution in [-0.2, 0) is 6.42 Å². The molecule has 0 saturated carbocycles. The first-order valence-corrected chi connectivity index (χ1v) is 9.38. The van der Waals surface area contributed by atoms with Crippen molar-refractivity contribution in [1.29, 1.82) is 0 Å². The molecule has 0 atom stereocenters. The Morgan fingerprint density at radius 2 is 1.86 bits per heavy atom. The van der Waals surface area contributed by atoms with Crippen LogP contribution in [0.2, 0.25) is 0 Å². The van der Waals surface area contributed by atoms with Gasteiger partial charge in [0.05, 0.1) is 17.2 Å². The van der Waals surface area contributed by atoms with Crippen molar-refractivity contribution in [2.24, 2.45) is 0 Å². The summed E-state index contributed by atoms with van der Waals surface area (Å²) in [6.07, 6.45) is 6.04. The van der Waals surface area contributed by atoms with Crippen LogP contribution < -0.4 is 0 Å². The van der Waals surface area contributed by atoms with Gasteiger partial charge in [-0.25, -0.2) is 9.97 Å². The van der Waals surface area contributed by atoms with E-state index in [1.165, 1.54) is 23.1 Å². The van der Waals surface area contributed by atoms with E-state index in [-0.39, 0.29) is 0 Å². The fourth-order valence-electron chi connectivity index (χ4n) is 3.66. The highest BCUT2D eigenvalue weighted by Gasteiger charge is 2.10. The van der Waals surface area contributed by atoms with Crippen LogP contribution in [0, 0.1) is 0 Å². The molecule has 0 aliphatic rings. The lowest BCUT2D eigenvalue weighted by Gasteiger charge is -2.11. The molecular weight excluding hydrogens is 346 g/mol. The van der Waals surface area contributed by atoms with Crippen LogP contribution in [0.15, 0.2) is 90.1 Å². The van der Waals surface area contributed by atoms with E-state index in [4.69, 9.17) is 4.42 Å². The van der Waals surface area contributed by atoms with Crippen molar-refractivity contribution in [3.05, 3.63) is 91.2 Å². The van der Waals surface area contributed by atoms with Crippen LogP contribution in [0.25, 0.3) is 39.2 Å². The molecule has 0 amide bonds. The molecule has 0 aliphatic carbocycles. The summed E-state index contributed by atoms with van der Waals surface area (Å²) < 4.78 is 7.52. The van der Waals surface area contributed by atoms with Crippen molar-refractivity contribution in [1.82, 2.24) is 14.5 Å². The maximum atomic E-state index is 5.40. The Bertz CT molecular complexity index is 1250. The van der Waals surface area contributed by atoms with Gasteiger partial charge >= 0.3 is 0 Å². The standard InChI is InChI=1S/C24H19N3O/c1-2-17-6-3-4-9-21(17)18-7-5-8-20(12-18)27-15-26-22-13-19(10-11-23(22)27)24-14-25-16-28-24/h3-16H,2H2,1H3. The summed E-state index contributed by atoms with van der Waals surface area (Å²) in [6, 6.07) is 23.3. The fraction of sp³-hybridized carbons (Fsp3) is 0.0833. The normalized spacial score (nSPS) is 11.2. The molecule has 136 valence electrons. The zero-order chi connectivity index (χ0) is 18.9. The number of aryl methyl sites for hydroxylation is 1. The number of oxazole rings is 1. The molecule has 0 fully saturated rings. The van der Waals surface area contributed by atoms with Crippen LogP contribution in [0.3, 0.4) is 0 Å². The van der Waals surface area contributed by atoms with Crippen LogP contribution in [0.1, 0.15) is 12.5 Å². The number of hydrogen-bond donors (Lipinski definition) is 0. The van der Waals surface area contributed by atoms with Gasteiger partial charge in [-0.3, -0.25) is 4.57 Å². The van der Waals surface area contributed by atoms with Crippen LogP contribution >= 0.6 is 0 Å². The van der Waals surface area contributed by atoms with Crippen molar-refractivity contribution in [3.8, 4) is 28.1 Å². The maximum Gasteiger partial charge on any atom is 0.181 e. The third-order valence-electron chi connectivity index (χ3n) is 5.10. The predicted molar refractivity (Wildman–Crippen MR) is 111 cm³/mol. The maximum absolute atomic E-state index is 5.40. The lowest BCUT2D eigenvalue weighted by Crippen LogP contribution is -1.93. The van der Waals surface area contributed by atoms with Crippen LogP contribution in [0.4, 0.5) is 0 Å². The molecule has 28 heavy (non-hydrogen) atoms. The third-order valence-corrected chi connectivity index (χ3v) is 5.10. The molecule has 5 rings (SSSR count). The highest BCUT2D eigenvalue weighted by atomic mass is 16.3. The second-order valence-corrected chi connectivity index (χ2v) is 6.74. The molecular formula is C24H19N3O. The predicted octanol–water partition coefficient (Wildman–Crippen LogP) is 5.91. The van der Waals surface area contributed by atoms with Crippen LogP contribution in [0.5, 0.6) is 0 Å². The molecule has 0 aliphatic heterocycles. The van der Waals surface area contributed by atoms with E-state index >= 15 is 0 Å². The monoisotopic (exact) mass is 365 g/mol. The molecule has 3 aromatic carbocycles. The Kier molecular flexibility index (Phi) is 4.02. The van der Waals surface area contributed by atoms with Crippen molar-refractivity contribution >= 4 is 11.0 Å². The molecule has 0 N–H and O–H groups in total. The van der Waals surface area contributed by atoms with E-state index in [0.717, 1.165) is 34.5 Å². The SMILES string of the molecule is CCc1ccccc1-c1cccc(-n2cnc3cc(-c4cnco4)ccc32)c1. The third kappa shape index (κ3) is 2.79. The number of fused-ring (bicyclic) bond motifs is 1. The van der Waals surface area contributed by atoms with Gasteiger partial charge in [0.1, 0.15) is 6.33 Å². The van der Waals surface area contributed by atoms with E-state index in [1.807, 2.05) is 18.5 Å². The summed E-state index contributed by atoms with van der Waals surface area (Å²) in [4.78, 5) is 8.59. The number of imidazole rings is 1.